The number of aromatic nitrogens is 2. The minimum Gasteiger partial charge on any atom is -0.376 e. The summed E-state index contributed by atoms with van der Waals surface area (Å²) >= 11 is 1.39. The van der Waals surface area contributed by atoms with E-state index in [9.17, 15) is 9.59 Å². The SMILES string of the molecule is C=CCn1c(SCC2OCCO2)nc2cc(C(=O)NCC3CCCO3)ccc2c1=O. The van der Waals surface area contributed by atoms with Crippen LogP contribution in [0, 0.1) is 0 Å². The van der Waals surface area contributed by atoms with Crippen LogP contribution in [0.5, 0.6) is 0 Å². The maximum Gasteiger partial charge on any atom is 0.262 e. The molecular formula is C21H25N3O5S. The molecule has 160 valence electrons. The van der Waals surface area contributed by atoms with Gasteiger partial charge in [0.2, 0.25) is 0 Å². The number of benzene rings is 1. The average molecular weight is 432 g/mol. The van der Waals surface area contributed by atoms with Gasteiger partial charge < -0.3 is 19.5 Å². The van der Waals surface area contributed by atoms with Gasteiger partial charge in [-0.2, -0.15) is 0 Å². The highest BCUT2D eigenvalue weighted by Gasteiger charge is 2.20. The third-order valence-electron chi connectivity index (χ3n) is 5.05. The second-order valence-corrected chi connectivity index (χ2v) is 8.15. The van der Waals surface area contributed by atoms with Crippen LogP contribution in [-0.4, -0.2) is 60.0 Å². The number of hydrogen-bond acceptors (Lipinski definition) is 7. The molecule has 0 spiro atoms. The van der Waals surface area contributed by atoms with Gasteiger partial charge >= 0.3 is 0 Å². The van der Waals surface area contributed by atoms with Gasteiger partial charge in [0.25, 0.3) is 11.5 Å². The minimum atomic E-state index is -0.310. The third kappa shape index (κ3) is 4.75. The van der Waals surface area contributed by atoms with E-state index in [1.54, 1.807) is 28.8 Å². The molecule has 2 aliphatic heterocycles. The first-order valence-electron chi connectivity index (χ1n) is 10.1. The van der Waals surface area contributed by atoms with E-state index in [1.165, 1.54) is 11.8 Å². The Hall–Kier alpha value is -2.20. The van der Waals surface area contributed by atoms with E-state index in [1.807, 2.05) is 0 Å². The van der Waals surface area contributed by atoms with E-state index in [2.05, 4.69) is 16.9 Å². The Labute approximate surface area is 178 Å². The summed E-state index contributed by atoms with van der Waals surface area (Å²) in [7, 11) is 0. The van der Waals surface area contributed by atoms with Gasteiger partial charge in [-0.3, -0.25) is 14.2 Å². The maximum atomic E-state index is 13.0. The highest BCUT2D eigenvalue weighted by molar-refractivity contribution is 7.99. The number of ether oxygens (including phenoxy) is 3. The van der Waals surface area contributed by atoms with Crippen LogP contribution in [0.25, 0.3) is 10.9 Å². The van der Waals surface area contributed by atoms with Crippen molar-refractivity contribution in [3.63, 3.8) is 0 Å². The van der Waals surface area contributed by atoms with Gasteiger partial charge in [-0.05, 0) is 31.0 Å². The molecule has 1 unspecified atom stereocenters. The van der Waals surface area contributed by atoms with Crippen molar-refractivity contribution in [2.24, 2.45) is 0 Å². The Morgan fingerprint density at radius 3 is 2.87 bits per heavy atom. The Kier molecular flexibility index (Phi) is 6.83. The molecule has 0 bridgehead atoms. The van der Waals surface area contributed by atoms with Crippen molar-refractivity contribution in [1.29, 1.82) is 0 Å². The molecule has 8 nitrogen and oxygen atoms in total. The van der Waals surface area contributed by atoms with Crippen LogP contribution in [0.2, 0.25) is 0 Å². The van der Waals surface area contributed by atoms with Crippen molar-refractivity contribution >= 4 is 28.6 Å². The molecular weight excluding hydrogens is 406 g/mol. The number of fused-ring (bicyclic) bond motifs is 1. The highest BCUT2D eigenvalue weighted by Crippen LogP contribution is 2.22. The van der Waals surface area contributed by atoms with Gasteiger partial charge in [-0.15, -0.1) is 6.58 Å². The fourth-order valence-corrected chi connectivity index (χ4v) is 4.46. The van der Waals surface area contributed by atoms with Crippen LogP contribution in [-0.2, 0) is 20.8 Å². The zero-order chi connectivity index (χ0) is 20.9. The lowest BCUT2D eigenvalue weighted by molar-refractivity contribution is -0.0215. The molecule has 4 rings (SSSR count). The number of allylic oxidation sites excluding steroid dienone is 1. The third-order valence-corrected chi connectivity index (χ3v) is 6.06. The fraction of sp³-hybridized carbons (Fsp3) is 0.476. The lowest BCUT2D eigenvalue weighted by Crippen LogP contribution is -2.31. The Bertz CT molecular complexity index is 981. The van der Waals surface area contributed by atoms with Crippen molar-refractivity contribution in [3.8, 4) is 0 Å². The number of nitrogens with zero attached hydrogens (tertiary/aromatic N) is 2. The Morgan fingerprint density at radius 2 is 2.13 bits per heavy atom. The molecule has 2 aliphatic rings. The molecule has 0 radical (unpaired) electrons. The quantitative estimate of drug-likeness (QED) is 0.388. The largest absolute Gasteiger partial charge is 0.376 e. The van der Waals surface area contributed by atoms with E-state index in [0.29, 0.717) is 53.7 Å². The molecule has 1 atom stereocenters. The number of thioether (sulfide) groups is 1. The number of amides is 1. The van der Waals surface area contributed by atoms with Crippen molar-refractivity contribution in [2.45, 2.75) is 36.9 Å². The van der Waals surface area contributed by atoms with Gasteiger partial charge in [0.05, 0.1) is 36.0 Å². The summed E-state index contributed by atoms with van der Waals surface area (Å²) in [6, 6.07) is 4.97. The molecule has 0 aliphatic carbocycles. The van der Waals surface area contributed by atoms with Crippen LogP contribution in [0.4, 0.5) is 0 Å². The summed E-state index contributed by atoms with van der Waals surface area (Å²) < 4.78 is 18.1. The molecule has 0 saturated carbocycles. The number of hydrogen-bond donors (Lipinski definition) is 1. The van der Waals surface area contributed by atoms with Crippen LogP contribution in [0.15, 0.2) is 40.8 Å². The number of carbonyl (C=O) groups is 1. The lowest BCUT2D eigenvalue weighted by atomic mass is 10.1. The number of nitrogens with one attached hydrogen (secondary N) is 1. The van der Waals surface area contributed by atoms with Gasteiger partial charge in [0.15, 0.2) is 11.4 Å². The van der Waals surface area contributed by atoms with E-state index >= 15 is 0 Å². The highest BCUT2D eigenvalue weighted by atomic mass is 32.2. The molecule has 30 heavy (non-hydrogen) atoms. The smallest absolute Gasteiger partial charge is 0.262 e. The predicted octanol–water partition coefficient (Wildman–Crippen LogP) is 1.96. The summed E-state index contributed by atoms with van der Waals surface area (Å²) in [6.45, 7) is 6.45. The molecule has 1 N–H and O–H groups in total. The molecule has 2 fully saturated rings. The topological polar surface area (TPSA) is 91.7 Å². The van der Waals surface area contributed by atoms with Gasteiger partial charge in [0, 0.05) is 25.3 Å². The molecule has 2 saturated heterocycles. The maximum absolute atomic E-state index is 13.0. The van der Waals surface area contributed by atoms with E-state index in [-0.39, 0.29) is 23.9 Å². The Balaban J connectivity index is 1.57. The summed E-state index contributed by atoms with van der Waals surface area (Å²) in [5.74, 6) is 0.322. The Morgan fingerprint density at radius 1 is 1.30 bits per heavy atom. The normalized spacial score (nSPS) is 19.4. The second kappa shape index (κ2) is 9.74. The first-order valence-corrected chi connectivity index (χ1v) is 11.1. The van der Waals surface area contributed by atoms with Crippen molar-refractivity contribution < 1.29 is 19.0 Å². The molecule has 3 heterocycles. The van der Waals surface area contributed by atoms with E-state index in [0.717, 1.165) is 19.4 Å². The van der Waals surface area contributed by atoms with Crippen LogP contribution in [0.1, 0.15) is 23.2 Å². The molecule has 1 aromatic carbocycles. The lowest BCUT2D eigenvalue weighted by Gasteiger charge is -2.14. The van der Waals surface area contributed by atoms with Crippen LogP contribution >= 0.6 is 11.8 Å². The monoisotopic (exact) mass is 431 g/mol. The molecule has 1 aromatic heterocycles. The van der Waals surface area contributed by atoms with Gasteiger partial charge in [-0.1, -0.05) is 17.8 Å². The van der Waals surface area contributed by atoms with E-state index < -0.39 is 0 Å². The summed E-state index contributed by atoms with van der Waals surface area (Å²) in [5, 5.41) is 3.91. The molecule has 9 heteroatoms. The van der Waals surface area contributed by atoms with Crippen LogP contribution in [0.3, 0.4) is 0 Å². The molecule has 2 aromatic rings. The standard InChI is InChI=1S/C21H25N3O5S/c1-2-7-24-20(26)16-6-5-14(19(25)22-12-15-4-3-8-27-15)11-17(16)23-21(24)30-13-18-28-9-10-29-18/h2,5-6,11,15,18H,1,3-4,7-10,12-13H2,(H,22,25). The first kappa shape index (κ1) is 21.0. The van der Waals surface area contributed by atoms with Gasteiger partial charge in [-0.25, -0.2) is 4.98 Å². The zero-order valence-corrected chi connectivity index (χ0v) is 17.5. The summed E-state index contributed by atoms with van der Waals surface area (Å²) in [5.41, 5.74) is 0.787. The van der Waals surface area contributed by atoms with E-state index in [4.69, 9.17) is 14.2 Å². The van der Waals surface area contributed by atoms with Crippen molar-refractivity contribution in [3.05, 3.63) is 46.8 Å². The minimum absolute atomic E-state index is 0.0710. The summed E-state index contributed by atoms with van der Waals surface area (Å²) in [4.78, 5) is 30.2. The summed E-state index contributed by atoms with van der Waals surface area (Å²) in [6.07, 6.45) is 3.40. The average Bonchev–Trinajstić information content (AvgIpc) is 3.46. The number of carbonyl (C=O) groups excluding carboxylic acids is 1. The predicted molar refractivity (Wildman–Crippen MR) is 114 cm³/mol. The van der Waals surface area contributed by atoms with Crippen LogP contribution < -0.4 is 10.9 Å². The van der Waals surface area contributed by atoms with Crippen molar-refractivity contribution in [1.82, 2.24) is 14.9 Å². The van der Waals surface area contributed by atoms with Gasteiger partial charge in [0.1, 0.15) is 0 Å². The fourth-order valence-electron chi connectivity index (χ4n) is 3.50. The second-order valence-electron chi connectivity index (χ2n) is 7.16. The number of rotatable bonds is 8. The molecule has 1 amide bonds. The van der Waals surface area contributed by atoms with Crippen molar-refractivity contribution in [2.75, 3.05) is 32.1 Å². The zero-order valence-electron chi connectivity index (χ0n) is 16.7. The first-order chi connectivity index (χ1) is 14.7.